The summed E-state index contributed by atoms with van der Waals surface area (Å²) in [6.45, 7) is 10.1. The Morgan fingerprint density at radius 2 is 0.919 bits per heavy atom. The lowest BCUT2D eigenvalue weighted by Gasteiger charge is -2.11. The molecule has 0 saturated carbocycles. The van der Waals surface area contributed by atoms with Crippen LogP contribution in [0.1, 0.15) is 119 Å². The van der Waals surface area contributed by atoms with Crippen LogP contribution in [-0.4, -0.2) is 35.7 Å². The number of unbranched alkanes of at least 4 members (excludes halogenated alkanes) is 4. The highest BCUT2D eigenvalue weighted by Crippen LogP contribution is 2.27. The summed E-state index contributed by atoms with van der Waals surface area (Å²) in [4.78, 5) is 9.19. The number of hydrogen-bond donors (Lipinski definition) is 2. The first-order chi connectivity index (χ1) is 18.0. The molecule has 0 atom stereocenters. The van der Waals surface area contributed by atoms with Crippen molar-refractivity contribution in [2.24, 2.45) is 9.98 Å². The summed E-state index contributed by atoms with van der Waals surface area (Å²) in [5, 5.41) is 21.5. The maximum atomic E-state index is 10.8. The van der Waals surface area contributed by atoms with Crippen molar-refractivity contribution < 1.29 is 10.2 Å². The van der Waals surface area contributed by atoms with Gasteiger partial charge < -0.3 is 10.2 Å². The summed E-state index contributed by atoms with van der Waals surface area (Å²) in [7, 11) is 0. The molecule has 37 heavy (non-hydrogen) atoms. The standard InChI is InChI=1S/C33H50N2O2/c1-5-9-14-26-20-28(16-11-7-3)32(36)30(22-26)24-34-18-13-19-35-25-31-23-27(15-10-6-2)21-29(33(31)37)17-12-8-4/h20-25,36-37H,5-19H2,1-4H3. The lowest BCUT2D eigenvalue weighted by molar-refractivity contribution is 0.465. The number of aliphatic imine (C=N–C) groups is 2. The summed E-state index contributed by atoms with van der Waals surface area (Å²) in [5.74, 6) is 0.764. The van der Waals surface area contributed by atoms with E-state index in [0.29, 0.717) is 24.6 Å². The molecular weight excluding hydrogens is 456 g/mol. The number of benzene rings is 2. The average Bonchev–Trinajstić information content (AvgIpc) is 2.90. The third kappa shape index (κ3) is 10.7. The zero-order valence-electron chi connectivity index (χ0n) is 23.9. The second-order valence-corrected chi connectivity index (χ2v) is 10.2. The van der Waals surface area contributed by atoms with E-state index in [0.717, 1.165) is 106 Å². The number of nitrogens with zero attached hydrogens (tertiary/aromatic N) is 2. The zero-order chi connectivity index (χ0) is 26.9. The van der Waals surface area contributed by atoms with E-state index in [1.807, 2.05) is 12.4 Å². The summed E-state index contributed by atoms with van der Waals surface area (Å²) < 4.78 is 0. The fourth-order valence-electron chi connectivity index (χ4n) is 4.52. The fraction of sp³-hybridized carbons (Fsp3) is 0.576. The second-order valence-electron chi connectivity index (χ2n) is 10.2. The van der Waals surface area contributed by atoms with Crippen molar-refractivity contribution in [3.05, 3.63) is 57.6 Å². The van der Waals surface area contributed by atoms with Crippen molar-refractivity contribution in [2.45, 2.75) is 111 Å². The molecule has 4 nitrogen and oxygen atoms in total. The first kappa shape index (κ1) is 30.6. The highest BCUT2D eigenvalue weighted by Gasteiger charge is 2.10. The largest absolute Gasteiger partial charge is 0.507 e. The molecule has 0 saturated heterocycles. The number of hydrogen-bond acceptors (Lipinski definition) is 4. The number of aryl methyl sites for hydroxylation is 4. The van der Waals surface area contributed by atoms with E-state index < -0.39 is 0 Å². The molecule has 2 N–H and O–H groups in total. The van der Waals surface area contributed by atoms with Gasteiger partial charge in [-0.3, -0.25) is 9.98 Å². The van der Waals surface area contributed by atoms with Crippen LogP contribution in [0.15, 0.2) is 34.3 Å². The minimum absolute atomic E-state index is 0.382. The van der Waals surface area contributed by atoms with Gasteiger partial charge in [0.05, 0.1) is 0 Å². The van der Waals surface area contributed by atoms with Crippen LogP contribution in [-0.2, 0) is 25.7 Å². The molecule has 2 aromatic rings. The third-order valence-electron chi connectivity index (χ3n) is 6.83. The predicted molar refractivity (Wildman–Crippen MR) is 160 cm³/mol. The Morgan fingerprint density at radius 3 is 1.30 bits per heavy atom. The van der Waals surface area contributed by atoms with E-state index in [9.17, 15) is 10.2 Å². The molecule has 0 aliphatic heterocycles. The molecule has 0 unspecified atom stereocenters. The smallest absolute Gasteiger partial charge is 0.127 e. The Balaban J connectivity index is 2.00. The molecule has 2 aromatic carbocycles. The Kier molecular flexibility index (Phi) is 14.7. The van der Waals surface area contributed by atoms with Crippen LogP contribution in [0.5, 0.6) is 11.5 Å². The van der Waals surface area contributed by atoms with Gasteiger partial charge in [0.1, 0.15) is 11.5 Å². The molecule has 0 fully saturated rings. The molecule has 0 bridgehead atoms. The van der Waals surface area contributed by atoms with Gasteiger partial charge in [-0.25, -0.2) is 0 Å². The van der Waals surface area contributed by atoms with Crippen molar-refractivity contribution in [1.82, 2.24) is 0 Å². The van der Waals surface area contributed by atoms with Crippen molar-refractivity contribution in [3.8, 4) is 11.5 Å². The van der Waals surface area contributed by atoms with E-state index in [2.05, 4.69) is 61.9 Å². The molecule has 0 aromatic heterocycles. The Bertz CT molecular complexity index is 915. The predicted octanol–water partition coefficient (Wildman–Crippen LogP) is 8.40. The van der Waals surface area contributed by atoms with Gasteiger partial charge in [-0.15, -0.1) is 0 Å². The maximum absolute atomic E-state index is 10.8. The molecule has 0 heterocycles. The quantitative estimate of drug-likeness (QED) is 0.157. The van der Waals surface area contributed by atoms with Gasteiger partial charge in [0, 0.05) is 36.6 Å². The van der Waals surface area contributed by atoms with E-state index in [4.69, 9.17) is 0 Å². The van der Waals surface area contributed by atoms with E-state index >= 15 is 0 Å². The molecule has 0 aliphatic carbocycles. The van der Waals surface area contributed by atoms with Crippen molar-refractivity contribution in [3.63, 3.8) is 0 Å². The van der Waals surface area contributed by atoms with Crippen LogP contribution >= 0.6 is 0 Å². The molecule has 4 heteroatoms. The van der Waals surface area contributed by atoms with Crippen LogP contribution in [0.3, 0.4) is 0 Å². The molecule has 0 aliphatic rings. The van der Waals surface area contributed by atoms with E-state index in [1.54, 1.807) is 0 Å². The van der Waals surface area contributed by atoms with Crippen LogP contribution in [0.4, 0.5) is 0 Å². The van der Waals surface area contributed by atoms with E-state index in [1.165, 1.54) is 11.1 Å². The van der Waals surface area contributed by atoms with Gasteiger partial charge in [0.25, 0.3) is 0 Å². The third-order valence-corrected chi connectivity index (χ3v) is 6.83. The van der Waals surface area contributed by atoms with Gasteiger partial charge in [-0.05, 0) is 92.2 Å². The van der Waals surface area contributed by atoms with Crippen LogP contribution < -0.4 is 0 Å². The number of aromatic hydroxyl groups is 2. The van der Waals surface area contributed by atoms with Gasteiger partial charge in [0.15, 0.2) is 0 Å². The van der Waals surface area contributed by atoms with Gasteiger partial charge in [-0.1, -0.05) is 65.5 Å². The van der Waals surface area contributed by atoms with Gasteiger partial charge >= 0.3 is 0 Å². The maximum Gasteiger partial charge on any atom is 0.127 e. The summed E-state index contributed by atoms with van der Waals surface area (Å²) in [6, 6.07) is 8.53. The van der Waals surface area contributed by atoms with Crippen LogP contribution in [0, 0.1) is 0 Å². The minimum Gasteiger partial charge on any atom is -0.507 e. The first-order valence-corrected chi connectivity index (χ1v) is 14.7. The zero-order valence-corrected chi connectivity index (χ0v) is 23.9. The summed E-state index contributed by atoms with van der Waals surface area (Å²) in [6.07, 6.45) is 17.4. The Hall–Kier alpha value is -2.62. The second kappa shape index (κ2) is 17.8. The lowest BCUT2D eigenvalue weighted by Crippen LogP contribution is -1.97. The fourth-order valence-corrected chi connectivity index (χ4v) is 4.52. The molecule has 0 amide bonds. The highest BCUT2D eigenvalue weighted by atomic mass is 16.3. The molecule has 0 radical (unpaired) electrons. The number of rotatable bonds is 18. The molecular formula is C33H50N2O2. The molecule has 0 spiro atoms. The summed E-state index contributed by atoms with van der Waals surface area (Å²) in [5.41, 5.74) is 6.32. The van der Waals surface area contributed by atoms with Crippen molar-refractivity contribution >= 4 is 12.4 Å². The highest BCUT2D eigenvalue weighted by molar-refractivity contribution is 5.85. The lowest BCUT2D eigenvalue weighted by atomic mass is 9.97. The minimum atomic E-state index is 0.382. The Labute approximate surface area is 226 Å². The van der Waals surface area contributed by atoms with Gasteiger partial charge in [-0.2, -0.15) is 0 Å². The van der Waals surface area contributed by atoms with Crippen LogP contribution in [0.25, 0.3) is 0 Å². The Morgan fingerprint density at radius 1 is 0.541 bits per heavy atom. The summed E-state index contributed by atoms with van der Waals surface area (Å²) >= 11 is 0. The van der Waals surface area contributed by atoms with E-state index in [-0.39, 0.29) is 0 Å². The molecule has 204 valence electrons. The number of phenolic OH excluding ortho intramolecular Hbond substituents is 2. The van der Waals surface area contributed by atoms with Crippen LogP contribution in [0.2, 0.25) is 0 Å². The average molecular weight is 507 g/mol. The van der Waals surface area contributed by atoms with Gasteiger partial charge in [0.2, 0.25) is 0 Å². The first-order valence-electron chi connectivity index (χ1n) is 14.7. The van der Waals surface area contributed by atoms with Crippen molar-refractivity contribution in [1.29, 1.82) is 0 Å². The topological polar surface area (TPSA) is 65.2 Å². The van der Waals surface area contributed by atoms with Crippen molar-refractivity contribution in [2.75, 3.05) is 13.1 Å². The normalized spacial score (nSPS) is 11.8. The molecule has 2 rings (SSSR count). The SMILES string of the molecule is CCCCc1cc(C=NCCCN=Cc2cc(CCCC)cc(CCCC)c2O)c(O)c(CCCC)c1. The number of phenols is 2. The monoisotopic (exact) mass is 506 g/mol.